The lowest BCUT2D eigenvalue weighted by atomic mass is 10.0. The van der Waals surface area contributed by atoms with Crippen molar-refractivity contribution in [3.8, 4) is 0 Å². The van der Waals surface area contributed by atoms with Crippen LogP contribution in [0.4, 0.5) is 0 Å². The predicted octanol–water partition coefficient (Wildman–Crippen LogP) is 2.97. The summed E-state index contributed by atoms with van der Waals surface area (Å²) >= 11 is 1.96. The summed E-state index contributed by atoms with van der Waals surface area (Å²) in [6.07, 6.45) is 7.01. The maximum Gasteiger partial charge on any atom is 0.0951 e. The van der Waals surface area contributed by atoms with Crippen molar-refractivity contribution in [2.75, 3.05) is 5.75 Å². The molecule has 1 atom stereocenters. The molecule has 1 aromatic heterocycles. The first kappa shape index (κ1) is 9.04. The largest absolute Gasteiger partial charge is 0.330 e. The van der Waals surface area contributed by atoms with Gasteiger partial charge >= 0.3 is 0 Å². The second-order valence-corrected chi connectivity index (χ2v) is 4.84. The predicted molar refractivity (Wildman–Crippen MR) is 62.1 cm³/mol. The topological polar surface area (TPSA) is 17.8 Å². The van der Waals surface area contributed by atoms with Crippen LogP contribution >= 0.6 is 11.8 Å². The number of thioether (sulfide) groups is 1. The van der Waals surface area contributed by atoms with Crippen molar-refractivity contribution in [3.05, 3.63) is 48.5 Å². The molecule has 2 heterocycles. The molecule has 0 fully saturated rings. The molecule has 0 saturated carbocycles. The average Bonchev–Trinajstić information content (AvgIpc) is 2.82. The van der Waals surface area contributed by atoms with Crippen LogP contribution in [0.15, 0.2) is 47.9 Å². The Morgan fingerprint density at radius 2 is 2.27 bits per heavy atom. The normalized spacial score (nSPS) is 19.9. The molecule has 2 nitrogen and oxygen atoms in total. The molecule has 0 radical (unpaired) electrons. The molecule has 0 amide bonds. The Hall–Kier alpha value is -1.22. The van der Waals surface area contributed by atoms with Crippen molar-refractivity contribution in [1.29, 1.82) is 0 Å². The van der Waals surface area contributed by atoms with Gasteiger partial charge < -0.3 is 4.57 Å². The minimum atomic E-state index is 0.477. The zero-order valence-corrected chi connectivity index (χ0v) is 9.15. The van der Waals surface area contributed by atoms with E-state index in [1.165, 1.54) is 22.6 Å². The van der Waals surface area contributed by atoms with E-state index in [0.717, 1.165) is 0 Å². The molecule has 0 spiro atoms. The molecule has 1 aliphatic rings. The SMILES string of the molecule is c1ccc2c(c1)SCCC2n1ccnc1. The zero-order valence-electron chi connectivity index (χ0n) is 8.34. The smallest absolute Gasteiger partial charge is 0.0951 e. The van der Waals surface area contributed by atoms with E-state index < -0.39 is 0 Å². The van der Waals surface area contributed by atoms with Crippen LogP contribution in [0.1, 0.15) is 18.0 Å². The summed E-state index contributed by atoms with van der Waals surface area (Å²) in [5.74, 6) is 1.19. The molecule has 3 heteroatoms. The molecule has 76 valence electrons. The zero-order chi connectivity index (χ0) is 10.1. The third-order valence-electron chi connectivity index (χ3n) is 2.81. The summed E-state index contributed by atoms with van der Waals surface area (Å²) in [7, 11) is 0. The summed E-state index contributed by atoms with van der Waals surface area (Å²) < 4.78 is 2.21. The van der Waals surface area contributed by atoms with Gasteiger partial charge in [-0.15, -0.1) is 11.8 Å². The second-order valence-electron chi connectivity index (χ2n) is 3.70. The first-order valence-corrected chi connectivity index (χ1v) is 6.13. The molecule has 0 aliphatic carbocycles. The van der Waals surface area contributed by atoms with E-state index >= 15 is 0 Å². The molecule has 3 rings (SSSR count). The van der Waals surface area contributed by atoms with Crippen LogP contribution in [-0.4, -0.2) is 15.3 Å². The van der Waals surface area contributed by atoms with E-state index in [-0.39, 0.29) is 0 Å². The van der Waals surface area contributed by atoms with E-state index in [0.29, 0.717) is 6.04 Å². The van der Waals surface area contributed by atoms with Crippen molar-refractivity contribution in [3.63, 3.8) is 0 Å². The van der Waals surface area contributed by atoms with Crippen molar-refractivity contribution in [1.82, 2.24) is 9.55 Å². The lowest BCUT2D eigenvalue weighted by Gasteiger charge is -2.25. The molecule has 1 aromatic carbocycles. The van der Waals surface area contributed by atoms with Crippen molar-refractivity contribution < 1.29 is 0 Å². The van der Waals surface area contributed by atoms with Crippen molar-refractivity contribution in [2.24, 2.45) is 0 Å². The molecule has 1 aliphatic heterocycles. The van der Waals surface area contributed by atoms with Gasteiger partial charge in [-0.1, -0.05) is 18.2 Å². The Labute approximate surface area is 93.3 Å². The first-order chi connectivity index (χ1) is 7.45. The number of imidazole rings is 1. The van der Waals surface area contributed by atoms with Gasteiger partial charge in [0, 0.05) is 23.0 Å². The third kappa shape index (κ3) is 1.57. The van der Waals surface area contributed by atoms with E-state index in [4.69, 9.17) is 0 Å². The molecule has 0 bridgehead atoms. The minimum absolute atomic E-state index is 0.477. The van der Waals surface area contributed by atoms with E-state index in [1.807, 2.05) is 24.3 Å². The van der Waals surface area contributed by atoms with Gasteiger partial charge in [0.25, 0.3) is 0 Å². The minimum Gasteiger partial charge on any atom is -0.330 e. The van der Waals surface area contributed by atoms with Gasteiger partial charge in [-0.25, -0.2) is 4.98 Å². The Kier molecular flexibility index (Phi) is 2.25. The van der Waals surface area contributed by atoms with E-state index in [2.05, 4.69) is 40.0 Å². The van der Waals surface area contributed by atoms with Crippen LogP contribution in [0.3, 0.4) is 0 Å². The lowest BCUT2D eigenvalue weighted by Crippen LogP contribution is -2.14. The fraction of sp³-hybridized carbons (Fsp3) is 0.250. The van der Waals surface area contributed by atoms with Gasteiger partial charge in [0.15, 0.2) is 0 Å². The van der Waals surface area contributed by atoms with Crippen LogP contribution in [0, 0.1) is 0 Å². The van der Waals surface area contributed by atoms with Crippen LogP contribution in [-0.2, 0) is 0 Å². The highest BCUT2D eigenvalue weighted by Gasteiger charge is 2.20. The van der Waals surface area contributed by atoms with Crippen molar-refractivity contribution >= 4 is 11.8 Å². The second kappa shape index (κ2) is 3.74. The van der Waals surface area contributed by atoms with Gasteiger partial charge in [-0.05, 0) is 18.1 Å². The quantitative estimate of drug-likeness (QED) is 0.729. The van der Waals surface area contributed by atoms with Crippen LogP contribution in [0.5, 0.6) is 0 Å². The maximum absolute atomic E-state index is 4.13. The Morgan fingerprint density at radius 1 is 1.33 bits per heavy atom. The van der Waals surface area contributed by atoms with E-state index in [1.54, 1.807) is 0 Å². The molecule has 1 unspecified atom stereocenters. The molecule has 15 heavy (non-hydrogen) atoms. The summed E-state index contributed by atoms with van der Waals surface area (Å²) in [6, 6.07) is 9.15. The molecule has 0 N–H and O–H groups in total. The maximum atomic E-state index is 4.13. The van der Waals surface area contributed by atoms with Gasteiger partial charge in [-0.3, -0.25) is 0 Å². The molecule has 2 aromatic rings. The highest BCUT2D eigenvalue weighted by atomic mass is 32.2. The van der Waals surface area contributed by atoms with Crippen molar-refractivity contribution in [2.45, 2.75) is 17.4 Å². The monoisotopic (exact) mass is 216 g/mol. The highest BCUT2D eigenvalue weighted by Crippen LogP contribution is 2.37. The molecular formula is C12H12N2S. The van der Waals surface area contributed by atoms with Crippen LogP contribution in [0.2, 0.25) is 0 Å². The summed E-state index contributed by atoms with van der Waals surface area (Å²) in [5, 5.41) is 0. The summed E-state index contributed by atoms with van der Waals surface area (Å²) in [6.45, 7) is 0. The summed E-state index contributed by atoms with van der Waals surface area (Å²) in [4.78, 5) is 5.55. The van der Waals surface area contributed by atoms with Crippen LogP contribution < -0.4 is 0 Å². The number of benzene rings is 1. The third-order valence-corrected chi connectivity index (χ3v) is 3.93. The van der Waals surface area contributed by atoms with Crippen LogP contribution in [0.25, 0.3) is 0 Å². The Balaban J connectivity index is 2.06. The fourth-order valence-corrected chi connectivity index (χ4v) is 3.19. The number of aromatic nitrogens is 2. The highest BCUT2D eigenvalue weighted by molar-refractivity contribution is 7.99. The van der Waals surface area contributed by atoms with Gasteiger partial charge in [0.2, 0.25) is 0 Å². The first-order valence-electron chi connectivity index (χ1n) is 5.14. The average molecular weight is 216 g/mol. The van der Waals surface area contributed by atoms with Gasteiger partial charge in [-0.2, -0.15) is 0 Å². The summed E-state index contributed by atoms with van der Waals surface area (Å²) in [5.41, 5.74) is 1.44. The van der Waals surface area contributed by atoms with Gasteiger partial charge in [0.05, 0.1) is 12.4 Å². The number of hydrogen-bond acceptors (Lipinski definition) is 2. The molecular weight excluding hydrogens is 204 g/mol. The lowest BCUT2D eigenvalue weighted by molar-refractivity contribution is 0.555. The number of nitrogens with zero attached hydrogens (tertiary/aromatic N) is 2. The number of hydrogen-bond donors (Lipinski definition) is 0. The van der Waals surface area contributed by atoms with Gasteiger partial charge in [0.1, 0.15) is 0 Å². The molecule has 0 saturated heterocycles. The Bertz CT molecular complexity index is 450. The number of fused-ring (bicyclic) bond motifs is 1. The fourth-order valence-electron chi connectivity index (χ4n) is 2.09. The standard InChI is InChI=1S/C12H12N2S/c1-2-4-12-10(3-1)11(5-8-15-12)14-7-6-13-9-14/h1-4,6-7,9,11H,5,8H2. The Morgan fingerprint density at radius 3 is 3.13 bits per heavy atom. The van der Waals surface area contributed by atoms with E-state index in [9.17, 15) is 0 Å². The number of rotatable bonds is 1.